The van der Waals surface area contributed by atoms with Gasteiger partial charge in [-0.25, -0.2) is 9.97 Å². The molecule has 0 fully saturated rings. The van der Waals surface area contributed by atoms with Crippen molar-refractivity contribution in [2.45, 2.75) is 27.1 Å². The van der Waals surface area contributed by atoms with Crippen LogP contribution in [0.25, 0.3) is 0 Å². The molecular formula is C11H18ClN3O2. The van der Waals surface area contributed by atoms with Crippen molar-refractivity contribution >= 4 is 17.4 Å². The summed E-state index contributed by atoms with van der Waals surface area (Å²) >= 11 is 5.83. The Morgan fingerprint density at radius 1 is 1.29 bits per heavy atom. The SMILES string of the molecule is CCOC(CNc1cc(Cl)nc(C)n1)OCC. The lowest BCUT2D eigenvalue weighted by Crippen LogP contribution is -2.26. The highest BCUT2D eigenvalue weighted by atomic mass is 35.5. The quantitative estimate of drug-likeness (QED) is 0.601. The molecule has 0 spiro atoms. The lowest BCUT2D eigenvalue weighted by atomic mass is 10.5. The van der Waals surface area contributed by atoms with Crippen molar-refractivity contribution in [3.8, 4) is 0 Å². The molecule has 0 aromatic carbocycles. The Hall–Kier alpha value is -0.910. The number of nitrogens with zero attached hydrogens (tertiary/aromatic N) is 2. The Morgan fingerprint density at radius 2 is 1.94 bits per heavy atom. The second-order valence-electron chi connectivity index (χ2n) is 3.34. The summed E-state index contributed by atoms with van der Waals surface area (Å²) in [4.78, 5) is 8.19. The molecule has 0 unspecified atom stereocenters. The summed E-state index contributed by atoms with van der Waals surface area (Å²) in [6.07, 6.45) is -0.279. The van der Waals surface area contributed by atoms with E-state index in [0.717, 1.165) is 0 Å². The summed E-state index contributed by atoms with van der Waals surface area (Å²) < 4.78 is 10.8. The van der Waals surface area contributed by atoms with Gasteiger partial charge in [-0.05, 0) is 20.8 Å². The van der Waals surface area contributed by atoms with Crippen LogP contribution in [0.5, 0.6) is 0 Å². The van der Waals surface area contributed by atoms with Crippen molar-refractivity contribution in [2.24, 2.45) is 0 Å². The van der Waals surface area contributed by atoms with Gasteiger partial charge >= 0.3 is 0 Å². The fraction of sp³-hybridized carbons (Fsp3) is 0.636. The summed E-state index contributed by atoms with van der Waals surface area (Å²) in [6.45, 7) is 7.38. The summed E-state index contributed by atoms with van der Waals surface area (Å²) in [7, 11) is 0. The van der Waals surface area contributed by atoms with Gasteiger partial charge in [-0.2, -0.15) is 0 Å². The van der Waals surface area contributed by atoms with Gasteiger partial charge in [-0.3, -0.25) is 0 Å². The molecule has 5 nitrogen and oxygen atoms in total. The van der Waals surface area contributed by atoms with Gasteiger partial charge in [-0.15, -0.1) is 0 Å². The Balaban J connectivity index is 2.52. The normalized spacial score (nSPS) is 10.9. The van der Waals surface area contributed by atoms with E-state index in [1.54, 1.807) is 13.0 Å². The maximum atomic E-state index is 5.83. The van der Waals surface area contributed by atoms with Gasteiger partial charge in [0.15, 0.2) is 6.29 Å². The first-order valence-electron chi connectivity index (χ1n) is 5.64. The minimum atomic E-state index is -0.279. The lowest BCUT2D eigenvalue weighted by molar-refractivity contribution is -0.126. The number of hydrogen-bond acceptors (Lipinski definition) is 5. The van der Waals surface area contributed by atoms with E-state index >= 15 is 0 Å². The summed E-state index contributed by atoms with van der Waals surface area (Å²) in [5, 5.41) is 3.53. The van der Waals surface area contributed by atoms with Crippen LogP contribution in [0, 0.1) is 6.92 Å². The molecule has 1 aromatic heterocycles. The molecule has 1 N–H and O–H groups in total. The number of anilines is 1. The standard InChI is InChI=1S/C11H18ClN3O2/c1-4-16-11(17-5-2)7-13-10-6-9(12)14-8(3)15-10/h6,11H,4-5,7H2,1-3H3,(H,13,14,15). The molecule has 6 heteroatoms. The first kappa shape index (κ1) is 14.2. The molecule has 0 aliphatic heterocycles. The monoisotopic (exact) mass is 259 g/mol. The fourth-order valence-electron chi connectivity index (χ4n) is 1.35. The first-order chi connectivity index (χ1) is 8.15. The molecule has 1 aromatic rings. The lowest BCUT2D eigenvalue weighted by Gasteiger charge is -2.17. The molecule has 1 heterocycles. The highest BCUT2D eigenvalue weighted by Crippen LogP contribution is 2.11. The summed E-state index contributed by atoms with van der Waals surface area (Å²) in [5.74, 6) is 1.30. The van der Waals surface area contributed by atoms with Crippen molar-refractivity contribution in [2.75, 3.05) is 25.1 Å². The van der Waals surface area contributed by atoms with Gasteiger partial charge in [0.1, 0.15) is 16.8 Å². The number of nitrogens with one attached hydrogen (secondary N) is 1. The smallest absolute Gasteiger partial charge is 0.174 e. The first-order valence-corrected chi connectivity index (χ1v) is 6.01. The van der Waals surface area contributed by atoms with E-state index in [4.69, 9.17) is 21.1 Å². The van der Waals surface area contributed by atoms with Gasteiger partial charge in [0, 0.05) is 19.3 Å². The van der Waals surface area contributed by atoms with E-state index in [0.29, 0.717) is 36.6 Å². The average molecular weight is 260 g/mol. The third-order valence-corrected chi connectivity index (χ3v) is 2.16. The Bertz CT molecular complexity index is 323. The molecule has 0 atom stereocenters. The molecule has 0 aliphatic carbocycles. The van der Waals surface area contributed by atoms with Crippen molar-refractivity contribution in [1.82, 2.24) is 9.97 Å². The van der Waals surface area contributed by atoms with Crippen molar-refractivity contribution in [3.05, 3.63) is 17.0 Å². The Morgan fingerprint density at radius 3 is 2.47 bits per heavy atom. The van der Waals surface area contributed by atoms with Crippen LogP contribution in [0.15, 0.2) is 6.07 Å². The van der Waals surface area contributed by atoms with E-state index in [1.807, 2.05) is 13.8 Å². The Labute approximate surface area is 107 Å². The molecule has 0 bridgehead atoms. The number of ether oxygens (including phenoxy) is 2. The summed E-state index contributed by atoms with van der Waals surface area (Å²) in [6, 6.07) is 1.67. The molecule has 0 saturated heterocycles. The molecule has 0 amide bonds. The van der Waals surface area contributed by atoms with Crippen LogP contribution in [-0.4, -0.2) is 36.0 Å². The number of halogens is 1. The van der Waals surface area contributed by atoms with Gasteiger partial charge < -0.3 is 14.8 Å². The van der Waals surface area contributed by atoms with Crippen LogP contribution in [-0.2, 0) is 9.47 Å². The van der Waals surface area contributed by atoms with Crippen molar-refractivity contribution < 1.29 is 9.47 Å². The number of rotatable bonds is 7. The van der Waals surface area contributed by atoms with Crippen LogP contribution in [0.2, 0.25) is 5.15 Å². The van der Waals surface area contributed by atoms with Gasteiger partial charge in [0.05, 0.1) is 6.54 Å². The molecule has 0 radical (unpaired) electrons. The predicted molar refractivity (Wildman–Crippen MR) is 67.3 cm³/mol. The third kappa shape index (κ3) is 5.30. The molecule has 1 rings (SSSR count). The van der Waals surface area contributed by atoms with E-state index < -0.39 is 0 Å². The maximum absolute atomic E-state index is 5.83. The topological polar surface area (TPSA) is 56.3 Å². The van der Waals surface area contributed by atoms with Gasteiger partial charge in [-0.1, -0.05) is 11.6 Å². The molecule has 96 valence electrons. The zero-order valence-corrected chi connectivity index (χ0v) is 11.1. The minimum Gasteiger partial charge on any atom is -0.365 e. The number of hydrogen-bond donors (Lipinski definition) is 1. The Kier molecular flexibility index (Phi) is 6.18. The molecule has 0 aliphatic rings. The van der Waals surface area contributed by atoms with E-state index in [1.165, 1.54) is 0 Å². The van der Waals surface area contributed by atoms with Crippen LogP contribution < -0.4 is 5.32 Å². The van der Waals surface area contributed by atoms with Crippen LogP contribution in [0.1, 0.15) is 19.7 Å². The second kappa shape index (κ2) is 7.42. The van der Waals surface area contributed by atoms with Crippen LogP contribution >= 0.6 is 11.6 Å². The molecule has 0 saturated carbocycles. The summed E-state index contributed by atoms with van der Waals surface area (Å²) in [5.41, 5.74) is 0. The van der Waals surface area contributed by atoms with E-state index in [2.05, 4.69) is 15.3 Å². The van der Waals surface area contributed by atoms with Gasteiger partial charge in [0.25, 0.3) is 0 Å². The fourth-order valence-corrected chi connectivity index (χ4v) is 1.57. The second-order valence-corrected chi connectivity index (χ2v) is 3.73. The third-order valence-electron chi connectivity index (χ3n) is 1.96. The highest BCUT2D eigenvalue weighted by Gasteiger charge is 2.08. The largest absolute Gasteiger partial charge is 0.365 e. The van der Waals surface area contributed by atoms with Crippen LogP contribution in [0.4, 0.5) is 5.82 Å². The van der Waals surface area contributed by atoms with Crippen molar-refractivity contribution in [1.29, 1.82) is 0 Å². The van der Waals surface area contributed by atoms with Gasteiger partial charge in [0.2, 0.25) is 0 Å². The molecule has 17 heavy (non-hydrogen) atoms. The molecular weight excluding hydrogens is 242 g/mol. The number of aromatic nitrogens is 2. The van der Waals surface area contributed by atoms with E-state index in [9.17, 15) is 0 Å². The van der Waals surface area contributed by atoms with Crippen molar-refractivity contribution in [3.63, 3.8) is 0 Å². The zero-order valence-electron chi connectivity index (χ0n) is 10.4. The number of aryl methyl sites for hydroxylation is 1. The average Bonchev–Trinajstić information content (AvgIpc) is 2.25. The maximum Gasteiger partial charge on any atom is 0.174 e. The predicted octanol–water partition coefficient (Wildman–Crippen LogP) is 2.25. The highest BCUT2D eigenvalue weighted by molar-refractivity contribution is 6.29. The van der Waals surface area contributed by atoms with Crippen LogP contribution in [0.3, 0.4) is 0 Å². The van der Waals surface area contributed by atoms with E-state index in [-0.39, 0.29) is 6.29 Å². The zero-order chi connectivity index (χ0) is 12.7. The minimum absolute atomic E-state index is 0.279.